The Morgan fingerprint density at radius 2 is 2.40 bits per heavy atom. The van der Waals surface area contributed by atoms with Gasteiger partial charge in [0.05, 0.1) is 5.69 Å². The van der Waals surface area contributed by atoms with Gasteiger partial charge in [-0.2, -0.15) is 9.71 Å². The number of anilines is 1. The lowest BCUT2D eigenvalue weighted by atomic mass is 10.4. The fraction of sp³-hybridized carbons (Fsp3) is 0.200. The normalized spacial score (nSPS) is 9.70. The number of hydrogen-bond donors (Lipinski definition) is 3. The molecule has 0 aliphatic carbocycles. The molecular formula is C5H8N4O. The average Bonchev–Trinajstić information content (AvgIpc) is 1.82. The van der Waals surface area contributed by atoms with Crippen molar-refractivity contribution in [1.29, 1.82) is 5.41 Å². The van der Waals surface area contributed by atoms with Crippen molar-refractivity contribution < 1.29 is 5.21 Å². The van der Waals surface area contributed by atoms with E-state index in [1.165, 1.54) is 6.07 Å². The summed E-state index contributed by atoms with van der Waals surface area (Å²) in [6.07, 6.45) is 0. The predicted octanol–water partition coefficient (Wildman–Crippen LogP) is -0.510. The molecule has 0 aliphatic heterocycles. The summed E-state index contributed by atoms with van der Waals surface area (Å²) in [4.78, 5) is 3.49. The summed E-state index contributed by atoms with van der Waals surface area (Å²) in [6, 6.07) is 1.48. The highest BCUT2D eigenvalue weighted by atomic mass is 16.5. The highest BCUT2D eigenvalue weighted by Crippen LogP contribution is 1.94. The minimum atomic E-state index is -0.252. The van der Waals surface area contributed by atoms with Crippen LogP contribution in [0.25, 0.3) is 0 Å². The molecule has 0 saturated heterocycles. The summed E-state index contributed by atoms with van der Waals surface area (Å²) in [6.45, 7) is 1.64. The van der Waals surface area contributed by atoms with E-state index >= 15 is 0 Å². The Morgan fingerprint density at radius 1 is 1.80 bits per heavy atom. The van der Waals surface area contributed by atoms with E-state index in [0.29, 0.717) is 10.4 Å². The zero-order valence-corrected chi connectivity index (χ0v) is 5.50. The first-order valence-corrected chi connectivity index (χ1v) is 2.71. The monoisotopic (exact) mass is 140 g/mol. The molecular weight excluding hydrogens is 132 g/mol. The fourth-order valence-electron chi connectivity index (χ4n) is 0.644. The van der Waals surface area contributed by atoms with Gasteiger partial charge in [0.1, 0.15) is 5.82 Å². The zero-order valence-electron chi connectivity index (χ0n) is 5.50. The van der Waals surface area contributed by atoms with E-state index in [4.69, 9.17) is 16.4 Å². The van der Waals surface area contributed by atoms with Crippen LogP contribution in [-0.4, -0.2) is 14.9 Å². The Morgan fingerprint density at radius 3 is 2.90 bits per heavy atom. The minimum absolute atomic E-state index is 0.243. The second kappa shape index (κ2) is 2.02. The Bertz CT molecular complexity index is 303. The molecule has 1 rings (SSSR count). The second-order valence-electron chi connectivity index (χ2n) is 1.96. The van der Waals surface area contributed by atoms with Crippen LogP contribution in [0, 0.1) is 12.3 Å². The molecule has 5 nitrogen and oxygen atoms in total. The zero-order chi connectivity index (χ0) is 7.72. The van der Waals surface area contributed by atoms with Crippen LogP contribution in [-0.2, 0) is 0 Å². The van der Waals surface area contributed by atoms with Gasteiger partial charge in [-0.1, -0.05) is 0 Å². The summed E-state index contributed by atoms with van der Waals surface area (Å²) >= 11 is 0. The quantitative estimate of drug-likeness (QED) is 0.424. The summed E-state index contributed by atoms with van der Waals surface area (Å²) in [5.74, 6) is 0.243. The van der Waals surface area contributed by atoms with Crippen LogP contribution < -0.4 is 11.4 Å². The Kier molecular flexibility index (Phi) is 1.33. The maximum atomic E-state index is 8.94. The van der Waals surface area contributed by atoms with Crippen LogP contribution in [0.1, 0.15) is 5.69 Å². The van der Waals surface area contributed by atoms with Gasteiger partial charge in [-0.05, 0) is 6.92 Å². The molecule has 0 unspecified atom stereocenters. The van der Waals surface area contributed by atoms with Crippen LogP contribution in [0.3, 0.4) is 0 Å². The highest BCUT2D eigenvalue weighted by Gasteiger charge is 1.95. The molecule has 1 aromatic rings. The fourth-order valence-corrected chi connectivity index (χ4v) is 0.644. The van der Waals surface area contributed by atoms with Crippen molar-refractivity contribution >= 4 is 5.82 Å². The number of aromatic nitrogens is 2. The van der Waals surface area contributed by atoms with Crippen LogP contribution in [0.5, 0.6) is 0 Å². The lowest BCUT2D eigenvalue weighted by Gasteiger charge is -2.00. The number of aryl methyl sites for hydroxylation is 1. The van der Waals surface area contributed by atoms with Crippen LogP contribution in [0.2, 0.25) is 0 Å². The SMILES string of the molecule is Cc1cc(N)nc(=N)n1O. The maximum absolute atomic E-state index is 8.94. The first-order valence-electron chi connectivity index (χ1n) is 2.71. The van der Waals surface area contributed by atoms with E-state index in [0.717, 1.165) is 0 Å². The molecule has 0 amide bonds. The average molecular weight is 140 g/mol. The van der Waals surface area contributed by atoms with E-state index in [9.17, 15) is 0 Å². The molecule has 0 bridgehead atoms. The Balaban J connectivity index is 3.46. The maximum Gasteiger partial charge on any atom is 0.257 e. The first kappa shape index (κ1) is 6.60. The van der Waals surface area contributed by atoms with Crippen molar-refractivity contribution in [3.63, 3.8) is 0 Å². The molecule has 0 aliphatic rings. The van der Waals surface area contributed by atoms with Crippen molar-refractivity contribution in [3.8, 4) is 0 Å². The van der Waals surface area contributed by atoms with Crippen LogP contribution >= 0.6 is 0 Å². The molecule has 54 valence electrons. The molecule has 4 N–H and O–H groups in total. The van der Waals surface area contributed by atoms with Gasteiger partial charge in [0.2, 0.25) is 0 Å². The summed E-state index contributed by atoms with van der Waals surface area (Å²) in [5, 5.41) is 16.0. The van der Waals surface area contributed by atoms with Crippen molar-refractivity contribution in [2.45, 2.75) is 6.92 Å². The Hall–Kier alpha value is -1.52. The van der Waals surface area contributed by atoms with Gasteiger partial charge >= 0.3 is 0 Å². The lowest BCUT2D eigenvalue weighted by Crippen LogP contribution is -2.23. The summed E-state index contributed by atoms with van der Waals surface area (Å²) < 4.78 is 0.663. The smallest absolute Gasteiger partial charge is 0.257 e. The standard InChI is InChI=1S/C5H8N4O/c1-3-2-4(6)8-5(7)9(3)10/h2,10H,1H3,(H3,6,7,8). The third-order valence-electron chi connectivity index (χ3n) is 1.13. The van der Waals surface area contributed by atoms with E-state index in [1.807, 2.05) is 0 Å². The van der Waals surface area contributed by atoms with Crippen molar-refractivity contribution in [2.24, 2.45) is 0 Å². The molecule has 0 atom stereocenters. The van der Waals surface area contributed by atoms with E-state index < -0.39 is 0 Å². The van der Waals surface area contributed by atoms with Gasteiger partial charge in [0.15, 0.2) is 0 Å². The van der Waals surface area contributed by atoms with Gasteiger partial charge in [-0.15, -0.1) is 0 Å². The molecule has 0 spiro atoms. The van der Waals surface area contributed by atoms with Crippen molar-refractivity contribution in [1.82, 2.24) is 9.71 Å². The number of hydrogen-bond acceptors (Lipinski definition) is 4. The number of nitrogens with zero attached hydrogens (tertiary/aromatic N) is 2. The van der Waals surface area contributed by atoms with E-state index in [2.05, 4.69) is 4.98 Å². The number of rotatable bonds is 0. The van der Waals surface area contributed by atoms with Gasteiger partial charge < -0.3 is 10.9 Å². The number of nitrogens with two attached hydrogens (primary N) is 1. The number of nitrogen functional groups attached to an aromatic ring is 1. The summed E-state index contributed by atoms with van der Waals surface area (Å²) in [5.41, 5.74) is 5.52. The summed E-state index contributed by atoms with van der Waals surface area (Å²) in [7, 11) is 0. The molecule has 10 heavy (non-hydrogen) atoms. The van der Waals surface area contributed by atoms with Gasteiger partial charge in [0, 0.05) is 6.07 Å². The van der Waals surface area contributed by atoms with Gasteiger partial charge in [0.25, 0.3) is 5.62 Å². The molecule has 1 aromatic heterocycles. The third kappa shape index (κ3) is 0.928. The molecule has 1 heterocycles. The number of nitrogens with one attached hydrogen (secondary N) is 1. The highest BCUT2D eigenvalue weighted by molar-refractivity contribution is 5.27. The van der Waals surface area contributed by atoms with E-state index in [-0.39, 0.29) is 11.4 Å². The minimum Gasteiger partial charge on any atom is -0.425 e. The Labute approximate surface area is 57.2 Å². The third-order valence-corrected chi connectivity index (χ3v) is 1.13. The van der Waals surface area contributed by atoms with Crippen molar-refractivity contribution in [2.75, 3.05) is 5.73 Å². The predicted molar refractivity (Wildman–Crippen MR) is 34.4 cm³/mol. The van der Waals surface area contributed by atoms with Gasteiger partial charge in [-0.25, -0.2) is 0 Å². The van der Waals surface area contributed by atoms with Crippen LogP contribution in [0.15, 0.2) is 6.07 Å². The van der Waals surface area contributed by atoms with Crippen LogP contribution in [0.4, 0.5) is 5.82 Å². The topological polar surface area (TPSA) is 87.9 Å². The molecule has 5 heteroatoms. The van der Waals surface area contributed by atoms with E-state index in [1.54, 1.807) is 6.92 Å². The molecule has 0 aromatic carbocycles. The second-order valence-corrected chi connectivity index (χ2v) is 1.96. The lowest BCUT2D eigenvalue weighted by molar-refractivity contribution is 0.158. The van der Waals surface area contributed by atoms with Gasteiger partial charge in [-0.3, -0.25) is 5.41 Å². The van der Waals surface area contributed by atoms with Crippen molar-refractivity contribution in [3.05, 3.63) is 17.4 Å². The first-order chi connectivity index (χ1) is 4.61. The largest absolute Gasteiger partial charge is 0.425 e. The molecule has 0 fully saturated rings. The molecule has 0 radical (unpaired) electrons. The molecule has 0 saturated carbocycles.